The zero-order valence-corrected chi connectivity index (χ0v) is 6.48. The summed E-state index contributed by atoms with van der Waals surface area (Å²) in [6, 6.07) is 0. The highest BCUT2D eigenvalue weighted by Gasteiger charge is 2.22. The van der Waals surface area contributed by atoms with Crippen molar-refractivity contribution < 1.29 is 19.4 Å². The summed E-state index contributed by atoms with van der Waals surface area (Å²) in [4.78, 5) is 21.3. The van der Waals surface area contributed by atoms with E-state index in [1.54, 1.807) is 0 Å². The molecule has 4 heteroatoms. The molecule has 1 aliphatic carbocycles. The number of carbonyl (C=O) groups excluding carboxylic acids is 2. The van der Waals surface area contributed by atoms with Crippen molar-refractivity contribution in [1.82, 2.24) is 0 Å². The molecular formula is C8H8O4. The fourth-order valence-electron chi connectivity index (χ4n) is 0.904. The van der Waals surface area contributed by atoms with Crippen molar-refractivity contribution in [2.24, 2.45) is 5.92 Å². The standard InChI is InChI=1S/C8H8O4/c1-12-8-3-6(10)5(4-9)2-7(8)11/h2-5,11H,1H3. The first-order valence-electron chi connectivity index (χ1n) is 3.35. The van der Waals surface area contributed by atoms with E-state index in [0.29, 0.717) is 6.29 Å². The molecule has 0 spiro atoms. The highest BCUT2D eigenvalue weighted by atomic mass is 16.5. The predicted octanol–water partition coefficient (Wildman–Crippen LogP) is 0.356. The predicted molar refractivity (Wildman–Crippen MR) is 40.4 cm³/mol. The lowest BCUT2D eigenvalue weighted by Crippen LogP contribution is -2.17. The van der Waals surface area contributed by atoms with Crippen molar-refractivity contribution >= 4 is 12.1 Å². The van der Waals surface area contributed by atoms with Crippen molar-refractivity contribution in [2.75, 3.05) is 7.11 Å². The molecule has 0 aliphatic heterocycles. The lowest BCUT2D eigenvalue weighted by atomic mass is 9.99. The molecule has 12 heavy (non-hydrogen) atoms. The van der Waals surface area contributed by atoms with E-state index in [9.17, 15) is 9.59 Å². The highest BCUT2D eigenvalue weighted by molar-refractivity contribution is 6.04. The minimum atomic E-state index is -0.871. The Kier molecular flexibility index (Phi) is 2.28. The summed E-state index contributed by atoms with van der Waals surface area (Å²) < 4.78 is 4.67. The van der Waals surface area contributed by atoms with Crippen LogP contribution in [0.2, 0.25) is 0 Å². The molecule has 1 rings (SSSR count). The molecule has 0 aromatic carbocycles. The van der Waals surface area contributed by atoms with Gasteiger partial charge in [0.2, 0.25) is 0 Å². The Balaban J connectivity index is 2.95. The monoisotopic (exact) mass is 168 g/mol. The normalized spacial score (nSPS) is 22.8. The average Bonchev–Trinajstić information content (AvgIpc) is 2.08. The Bertz CT molecular complexity index is 275. The van der Waals surface area contributed by atoms with Crippen LogP contribution in [0.5, 0.6) is 0 Å². The lowest BCUT2D eigenvalue weighted by molar-refractivity contribution is -0.122. The maximum atomic E-state index is 11.0. The Hall–Kier alpha value is -1.58. The Morgan fingerprint density at radius 1 is 1.67 bits per heavy atom. The van der Waals surface area contributed by atoms with Crippen molar-refractivity contribution in [3.05, 3.63) is 23.7 Å². The molecule has 0 saturated carbocycles. The fraction of sp³-hybridized carbons (Fsp3) is 0.250. The summed E-state index contributed by atoms with van der Waals surface area (Å²) in [7, 11) is 1.34. The average molecular weight is 168 g/mol. The first-order chi connectivity index (χ1) is 5.69. The summed E-state index contributed by atoms with van der Waals surface area (Å²) in [6.07, 6.45) is 2.74. The number of ether oxygens (including phenoxy) is 1. The Labute approximate surface area is 69.1 Å². The third-order valence-corrected chi connectivity index (χ3v) is 1.56. The molecule has 0 aromatic rings. The van der Waals surface area contributed by atoms with E-state index in [1.165, 1.54) is 7.11 Å². The maximum Gasteiger partial charge on any atom is 0.173 e. The quantitative estimate of drug-likeness (QED) is 0.477. The van der Waals surface area contributed by atoms with Crippen molar-refractivity contribution in [1.29, 1.82) is 0 Å². The number of carbonyl (C=O) groups is 2. The second kappa shape index (κ2) is 3.21. The van der Waals surface area contributed by atoms with E-state index in [1.807, 2.05) is 0 Å². The van der Waals surface area contributed by atoms with Crippen molar-refractivity contribution in [3.63, 3.8) is 0 Å². The van der Waals surface area contributed by atoms with E-state index >= 15 is 0 Å². The minimum Gasteiger partial charge on any atom is -0.504 e. The smallest absolute Gasteiger partial charge is 0.173 e. The zero-order chi connectivity index (χ0) is 9.14. The first-order valence-corrected chi connectivity index (χ1v) is 3.35. The van der Waals surface area contributed by atoms with Crippen LogP contribution < -0.4 is 0 Å². The van der Waals surface area contributed by atoms with Crippen LogP contribution in [-0.2, 0) is 14.3 Å². The summed E-state index contributed by atoms with van der Waals surface area (Å²) in [6.45, 7) is 0. The van der Waals surface area contributed by atoms with Crippen LogP contribution in [0.1, 0.15) is 0 Å². The van der Waals surface area contributed by atoms with Gasteiger partial charge in [0.15, 0.2) is 17.3 Å². The van der Waals surface area contributed by atoms with Gasteiger partial charge in [-0.15, -0.1) is 0 Å². The van der Waals surface area contributed by atoms with Crippen LogP contribution in [0.4, 0.5) is 0 Å². The van der Waals surface area contributed by atoms with Crippen LogP contribution in [0.15, 0.2) is 23.7 Å². The molecule has 0 heterocycles. The van der Waals surface area contributed by atoms with E-state index in [2.05, 4.69) is 4.74 Å². The van der Waals surface area contributed by atoms with Gasteiger partial charge in [-0.25, -0.2) is 0 Å². The van der Waals surface area contributed by atoms with Crippen LogP contribution in [0.3, 0.4) is 0 Å². The molecule has 0 saturated heterocycles. The van der Waals surface area contributed by atoms with Crippen LogP contribution in [0, 0.1) is 5.92 Å². The van der Waals surface area contributed by atoms with Gasteiger partial charge in [0.25, 0.3) is 0 Å². The van der Waals surface area contributed by atoms with Gasteiger partial charge in [-0.3, -0.25) is 4.79 Å². The number of hydrogen-bond acceptors (Lipinski definition) is 4. The minimum absolute atomic E-state index is 0.0955. The number of aliphatic hydroxyl groups is 1. The van der Waals surface area contributed by atoms with Gasteiger partial charge in [0, 0.05) is 6.08 Å². The molecule has 0 fully saturated rings. The Morgan fingerprint density at radius 2 is 2.33 bits per heavy atom. The molecular weight excluding hydrogens is 160 g/mol. The molecule has 4 nitrogen and oxygen atoms in total. The molecule has 0 bridgehead atoms. The van der Waals surface area contributed by atoms with E-state index < -0.39 is 5.92 Å². The topological polar surface area (TPSA) is 63.6 Å². The third kappa shape index (κ3) is 1.37. The maximum absolute atomic E-state index is 11.0. The van der Waals surface area contributed by atoms with E-state index in [-0.39, 0.29) is 17.3 Å². The van der Waals surface area contributed by atoms with Gasteiger partial charge < -0.3 is 14.6 Å². The largest absolute Gasteiger partial charge is 0.504 e. The lowest BCUT2D eigenvalue weighted by Gasteiger charge is -2.11. The number of aldehydes is 1. The summed E-state index contributed by atoms with van der Waals surface area (Å²) in [5, 5.41) is 9.14. The van der Waals surface area contributed by atoms with Crippen molar-refractivity contribution in [2.45, 2.75) is 0 Å². The number of allylic oxidation sites excluding steroid dienone is 2. The molecule has 0 amide bonds. The van der Waals surface area contributed by atoms with E-state index in [4.69, 9.17) is 5.11 Å². The van der Waals surface area contributed by atoms with Gasteiger partial charge >= 0.3 is 0 Å². The van der Waals surface area contributed by atoms with Gasteiger partial charge in [0.05, 0.1) is 13.0 Å². The summed E-state index contributed by atoms with van der Waals surface area (Å²) in [5.74, 6) is -1.32. The van der Waals surface area contributed by atoms with E-state index in [0.717, 1.165) is 12.2 Å². The number of rotatable bonds is 2. The summed E-state index contributed by atoms with van der Waals surface area (Å²) in [5.41, 5.74) is 0. The van der Waals surface area contributed by atoms with Crippen LogP contribution >= 0.6 is 0 Å². The number of ketones is 1. The van der Waals surface area contributed by atoms with Gasteiger partial charge in [-0.1, -0.05) is 0 Å². The van der Waals surface area contributed by atoms with Gasteiger partial charge in [0.1, 0.15) is 6.29 Å². The second-order valence-electron chi connectivity index (χ2n) is 2.33. The number of aliphatic hydroxyl groups excluding tert-OH is 1. The molecule has 1 N–H and O–H groups in total. The molecule has 0 aromatic heterocycles. The zero-order valence-electron chi connectivity index (χ0n) is 6.48. The molecule has 1 unspecified atom stereocenters. The molecule has 1 aliphatic rings. The number of hydrogen-bond donors (Lipinski definition) is 1. The van der Waals surface area contributed by atoms with Gasteiger partial charge in [-0.2, -0.15) is 0 Å². The summed E-state index contributed by atoms with van der Waals surface area (Å²) >= 11 is 0. The molecule has 0 radical (unpaired) electrons. The molecule has 64 valence electrons. The SMILES string of the molecule is COC1=CC(=O)C(C=O)C=C1O. The van der Waals surface area contributed by atoms with Crippen LogP contribution in [-0.4, -0.2) is 24.3 Å². The molecule has 1 atom stereocenters. The highest BCUT2D eigenvalue weighted by Crippen LogP contribution is 2.17. The number of methoxy groups -OCH3 is 1. The third-order valence-electron chi connectivity index (χ3n) is 1.56. The van der Waals surface area contributed by atoms with Gasteiger partial charge in [-0.05, 0) is 6.08 Å². The first kappa shape index (κ1) is 8.52. The Morgan fingerprint density at radius 3 is 2.83 bits per heavy atom. The fourth-order valence-corrected chi connectivity index (χ4v) is 0.904. The second-order valence-corrected chi connectivity index (χ2v) is 2.33. The van der Waals surface area contributed by atoms with Crippen LogP contribution in [0.25, 0.3) is 0 Å². The van der Waals surface area contributed by atoms with Crippen molar-refractivity contribution in [3.8, 4) is 0 Å².